The van der Waals surface area contributed by atoms with Crippen molar-refractivity contribution < 1.29 is 5.48 Å². The molecule has 0 saturated heterocycles. The SMILES string of the molecule is [2H]c1c([2H])c(N(c2ccc(-c3ccccc3)cc2)c2cc3ccccc3c3ccccc23)c([2H])c([2H])c1-c1ccc2c(ccc3ccccc32)c1. The minimum atomic E-state index is -0.103. The molecular weight excluding hydrogens is 567 g/mol. The maximum absolute atomic E-state index is 9.54. The molecule has 1 nitrogen and oxygen atoms in total. The number of benzene rings is 9. The summed E-state index contributed by atoms with van der Waals surface area (Å²) in [4.78, 5) is 1.90. The van der Waals surface area contributed by atoms with Gasteiger partial charge in [0, 0.05) is 16.8 Å². The summed E-state index contributed by atoms with van der Waals surface area (Å²) < 4.78 is 37.9. The molecule has 0 fully saturated rings. The summed E-state index contributed by atoms with van der Waals surface area (Å²) in [6, 6.07) is 54.7. The quantitative estimate of drug-likeness (QED) is 0.177. The van der Waals surface area contributed by atoms with E-state index in [0.29, 0.717) is 5.56 Å². The van der Waals surface area contributed by atoms with Gasteiger partial charge in [0.1, 0.15) is 0 Å². The Morgan fingerprint density at radius 2 is 0.851 bits per heavy atom. The molecule has 0 saturated carbocycles. The maximum atomic E-state index is 9.54. The summed E-state index contributed by atoms with van der Waals surface area (Å²) in [5, 5.41) is 8.46. The van der Waals surface area contributed by atoms with Crippen molar-refractivity contribution in [1.82, 2.24) is 0 Å². The van der Waals surface area contributed by atoms with E-state index in [9.17, 15) is 5.48 Å². The number of fused-ring (bicyclic) bond motifs is 6. The summed E-state index contributed by atoms with van der Waals surface area (Å²) in [7, 11) is 0. The smallest absolute Gasteiger partial charge is 0.0645 e. The highest BCUT2D eigenvalue weighted by atomic mass is 15.1. The summed E-state index contributed by atoms with van der Waals surface area (Å²) in [5.41, 5.74) is 4.78. The van der Waals surface area contributed by atoms with Gasteiger partial charge >= 0.3 is 0 Å². The molecule has 0 spiro atoms. The van der Waals surface area contributed by atoms with Gasteiger partial charge in [-0.2, -0.15) is 0 Å². The Labute approximate surface area is 280 Å². The summed E-state index contributed by atoms with van der Waals surface area (Å²) in [6.45, 7) is 0. The molecular formula is C46H31N. The third-order valence-electron chi connectivity index (χ3n) is 9.09. The minimum absolute atomic E-state index is 0.0814. The number of rotatable bonds is 5. The van der Waals surface area contributed by atoms with Crippen LogP contribution < -0.4 is 4.90 Å². The van der Waals surface area contributed by atoms with Crippen LogP contribution >= 0.6 is 0 Å². The van der Waals surface area contributed by atoms with Crippen LogP contribution in [-0.2, 0) is 0 Å². The van der Waals surface area contributed by atoms with Crippen molar-refractivity contribution in [2.24, 2.45) is 0 Å². The van der Waals surface area contributed by atoms with Gasteiger partial charge in [0.25, 0.3) is 0 Å². The van der Waals surface area contributed by atoms with E-state index >= 15 is 0 Å². The van der Waals surface area contributed by atoms with Crippen molar-refractivity contribution in [2.75, 3.05) is 4.90 Å². The fourth-order valence-corrected chi connectivity index (χ4v) is 6.77. The standard InChI is InChI=1S/C46H31N/c1-2-10-32(11-3-1)33-20-25-39(26-21-33)47(46-31-37-13-5-7-15-42(37)44-16-8-9-17-45(44)46)40-27-22-34(23-28-40)36-24-29-43-38(30-36)19-18-35-12-4-6-14-41(35)43/h1-31H/i22D,23D,27D,28D. The van der Waals surface area contributed by atoms with Gasteiger partial charge in [-0.3, -0.25) is 0 Å². The molecule has 0 bridgehead atoms. The monoisotopic (exact) mass is 601 g/mol. The zero-order valence-corrected chi connectivity index (χ0v) is 25.5. The molecule has 0 aliphatic carbocycles. The number of hydrogen-bond donors (Lipinski definition) is 0. The van der Waals surface area contributed by atoms with E-state index in [1.165, 1.54) is 0 Å². The molecule has 9 aromatic rings. The third kappa shape index (κ3) is 4.81. The molecule has 47 heavy (non-hydrogen) atoms. The van der Waals surface area contributed by atoms with E-state index < -0.39 is 0 Å². The zero-order chi connectivity index (χ0) is 34.6. The zero-order valence-electron chi connectivity index (χ0n) is 29.5. The average molecular weight is 602 g/mol. The molecule has 0 aromatic heterocycles. The van der Waals surface area contributed by atoms with Gasteiger partial charge in [-0.25, -0.2) is 0 Å². The van der Waals surface area contributed by atoms with Crippen LogP contribution in [0.1, 0.15) is 5.48 Å². The molecule has 9 rings (SSSR count). The molecule has 0 unspecified atom stereocenters. The molecule has 0 aliphatic heterocycles. The molecule has 0 heterocycles. The van der Waals surface area contributed by atoms with Crippen LogP contribution in [-0.4, -0.2) is 0 Å². The second-order valence-corrected chi connectivity index (χ2v) is 11.9. The Morgan fingerprint density at radius 1 is 0.319 bits per heavy atom. The lowest BCUT2D eigenvalue weighted by molar-refractivity contribution is 1.30. The van der Waals surface area contributed by atoms with Gasteiger partial charge in [0.05, 0.1) is 11.2 Å². The van der Waals surface area contributed by atoms with Crippen LogP contribution in [0.2, 0.25) is 0 Å². The second kappa shape index (κ2) is 11.3. The van der Waals surface area contributed by atoms with Crippen molar-refractivity contribution >= 4 is 60.2 Å². The van der Waals surface area contributed by atoms with Gasteiger partial charge in [-0.15, -0.1) is 0 Å². The highest BCUT2D eigenvalue weighted by Gasteiger charge is 2.18. The normalized spacial score (nSPS) is 12.6. The first-order valence-corrected chi connectivity index (χ1v) is 15.9. The topological polar surface area (TPSA) is 3.24 Å². The van der Waals surface area contributed by atoms with Crippen LogP contribution in [0.4, 0.5) is 17.1 Å². The van der Waals surface area contributed by atoms with E-state index in [1.54, 1.807) is 0 Å². The van der Waals surface area contributed by atoms with Crippen LogP contribution in [0.15, 0.2) is 188 Å². The number of nitrogens with zero attached hydrogens (tertiary/aromatic N) is 1. The van der Waals surface area contributed by atoms with E-state index in [4.69, 9.17) is 0 Å². The molecule has 0 aliphatic rings. The lowest BCUT2D eigenvalue weighted by Crippen LogP contribution is -2.10. The van der Waals surface area contributed by atoms with Gasteiger partial charge in [-0.1, -0.05) is 152 Å². The van der Waals surface area contributed by atoms with Crippen molar-refractivity contribution in [3.05, 3.63) is 188 Å². The summed E-state index contributed by atoms with van der Waals surface area (Å²) in [6.07, 6.45) is 0. The Bertz CT molecular complexity index is 2760. The highest BCUT2D eigenvalue weighted by Crippen LogP contribution is 2.43. The Hall–Kier alpha value is -6.18. The molecule has 0 radical (unpaired) electrons. The van der Waals surface area contributed by atoms with E-state index in [2.05, 4.69) is 66.7 Å². The summed E-state index contributed by atoms with van der Waals surface area (Å²) in [5.74, 6) is 0. The molecule has 220 valence electrons. The second-order valence-electron chi connectivity index (χ2n) is 11.9. The van der Waals surface area contributed by atoms with Gasteiger partial charge < -0.3 is 4.90 Å². The Balaban J connectivity index is 1.28. The maximum Gasteiger partial charge on any atom is 0.0645 e. The fourth-order valence-electron chi connectivity index (χ4n) is 6.77. The summed E-state index contributed by atoms with van der Waals surface area (Å²) >= 11 is 0. The van der Waals surface area contributed by atoms with Crippen molar-refractivity contribution in [2.45, 2.75) is 0 Å². The lowest BCUT2D eigenvalue weighted by atomic mass is 9.97. The van der Waals surface area contributed by atoms with Crippen molar-refractivity contribution in [1.29, 1.82) is 0 Å². The minimum Gasteiger partial charge on any atom is -0.310 e. The first kappa shape index (κ1) is 23.2. The van der Waals surface area contributed by atoms with Crippen LogP contribution in [0, 0.1) is 0 Å². The van der Waals surface area contributed by atoms with Gasteiger partial charge in [0.2, 0.25) is 0 Å². The fraction of sp³-hybridized carbons (Fsp3) is 0. The first-order valence-electron chi connectivity index (χ1n) is 17.9. The van der Waals surface area contributed by atoms with Crippen molar-refractivity contribution in [3.8, 4) is 22.3 Å². The number of hydrogen-bond acceptors (Lipinski definition) is 1. The van der Waals surface area contributed by atoms with E-state index in [1.807, 2.05) is 102 Å². The largest absolute Gasteiger partial charge is 0.310 e. The van der Waals surface area contributed by atoms with Crippen LogP contribution in [0.3, 0.4) is 0 Å². The predicted molar refractivity (Wildman–Crippen MR) is 202 cm³/mol. The van der Waals surface area contributed by atoms with Crippen molar-refractivity contribution in [3.63, 3.8) is 0 Å². The van der Waals surface area contributed by atoms with E-state index in [0.717, 1.165) is 65.6 Å². The van der Waals surface area contributed by atoms with Gasteiger partial charge in [-0.05, 0) is 96.3 Å². The molecule has 1 heteroatoms. The Morgan fingerprint density at radius 3 is 1.62 bits per heavy atom. The molecule has 0 atom stereocenters. The third-order valence-corrected chi connectivity index (χ3v) is 9.09. The highest BCUT2D eigenvalue weighted by molar-refractivity contribution is 6.14. The molecule has 9 aromatic carbocycles. The van der Waals surface area contributed by atoms with E-state index in [-0.39, 0.29) is 35.4 Å². The van der Waals surface area contributed by atoms with Gasteiger partial charge in [0.15, 0.2) is 0 Å². The lowest BCUT2D eigenvalue weighted by Gasteiger charge is -2.28. The van der Waals surface area contributed by atoms with Crippen LogP contribution in [0.5, 0.6) is 0 Å². The molecule has 0 amide bonds. The molecule has 0 N–H and O–H groups in total. The number of anilines is 3. The predicted octanol–water partition coefficient (Wildman–Crippen LogP) is 13.1. The van der Waals surface area contributed by atoms with Crippen LogP contribution in [0.25, 0.3) is 65.3 Å². The average Bonchev–Trinajstić information content (AvgIpc) is 3.19. The Kier molecular flexibility index (Phi) is 5.59. The first-order chi connectivity index (χ1) is 25.0.